The fourth-order valence-electron chi connectivity index (χ4n) is 4.27. The topological polar surface area (TPSA) is 12.0 Å². The van der Waals surface area contributed by atoms with Crippen LogP contribution in [-0.4, -0.2) is 12.6 Å². The van der Waals surface area contributed by atoms with Crippen molar-refractivity contribution in [3.05, 3.63) is 35.1 Å². The molecule has 2 heteroatoms. The van der Waals surface area contributed by atoms with Crippen molar-refractivity contribution < 1.29 is 4.39 Å². The molecule has 20 heavy (non-hydrogen) atoms. The van der Waals surface area contributed by atoms with E-state index in [0.717, 1.165) is 29.9 Å². The van der Waals surface area contributed by atoms with Gasteiger partial charge in [0.1, 0.15) is 5.82 Å². The third kappa shape index (κ3) is 2.50. The van der Waals surface area contributed by atoms with Gasteiger partial charge in [0.15, 0.2) is 0 Å². The molecule has 0 saturated heterocycles. The summed E-state index contributed by atoms with van der Waals surface area (Å²) < 4.78 is 13.3. The van der Waals surface area contributed by atoms with Crippen LogP contribution in [0.3, 0.4) is 0 Å². The van der Waals surface area contributed by atoms with Crippen LogP contribution >= 0.6 is 0 Å². The minimum atomic E-state index is -0.106. The van der Waals surface area contributed by atoms with Crippen LogP contribution in [0.1, 0.15) is 43.2 Å². The van der Waals surface area contributed by atoms with Crippen LogP contribution < -0.4 is 5.32 Å². The maximum atomic E-state index is 13.3. The van der Waals surface area contributed by atoms with Gasteiger partial charge in [-0.1, -0.05) is 6.07 Å². The van der Waals surface area contributed by atoms with Gasteiger partial charge in [0, 0.05) is 12.6 Å². The number of rotatable bonds is 5. The Kier molecular flexibility index (Phi) is 2.92. The lowest BCUT2D eigenvalue weighted by Gasteiger charge is -2.32. The second-order valence-corrected chi connectivity index (χ2v) is 7.57. The summed E-state index contributed by atoms with van der Waals surface area (Å²) in [6.07, 6.45) is 8.08. The molecule has 1 nitrogen and oxygen atoms in total. The second-order valence-electron chi connectivity index (χ2n) is 7.57. The molecule has 3 saturated carbocycles. The van der Waals surface area contributed by atoms with Crippen molar-refractivity contribution in [3.8, 4) is 0 Å². The van der Waals surface area contributed by atoms with Crippen LogP contribution in [0.4, 0.5) is 4.39 Å². The molecule has 0 bridgehead atoms. The summed E-state index contributed by atoms with van der Waals surface area (Å²) in [5.41, 5.74) is 2.92. The first-order chi connectivity index (χ1) is 9.63. The van der Waals surface area contributed by atoms with Crippen molar-refractivity contribution in [3.63, 3.8) is 0 Å². The average molecular weight is 273 g/mol. The monoisotopic (exact) mass is 273 g/mol. The zero-order valence-corrected chi connectivity index (χ0v) is 12.3. The Morgan fingerprint density at radius 2 is 2.00 bits per heavy atom. The van der Waals surface area contributed by atoms with Gasteiger partial charge in [-0.3, -0.25) is 0 Å². The fraction of sp³-hybridized carbons (Fsp3) is 0.667. The third-order valence-electron chi connectivity index (χ3n) is 5.67. The Balaban J connectivity index is 1.51. The number of aryl methyl sites for hydroxylation is 1. The minimum absolute atomic E-state index is 0.106. The van der Waals surface area contributed by atoms with Crippen molar-refractivity contribution in [1.29, 1.82) is 0 Å². The van der Waals surface area contributed by atoms with Crippen LogP contribution in [0.5, 0.6) is 0 Å². The van der Waals surface area contributed by atoms with Crippen LogP contribution in [0.25, 0.3) is 0 Å². The fourth-order valence-corrected chi connectivity index (χ4v) is 4.27. The Morgan fingerprint density at radius 1 is 1.25 bits per heavy atom. The first kappa shape index (κ1) is 12.8. The third-order valence-corrected chi connectivity index (χ3v) is 5.67. The predicted octanol–water partition coefficient (Wildman–Crippen LogP) is 3.84. The minimum Gasteiger partial charge on any atom is -0.313 e. The molecule has 0 aliphatic heterocycles. The summed E-state index contributed by atoms with van der Waals surface area (Å²) in [6.45, 7) is 3.22. The number of hydrogen-bond acceptors (Lipinski definition) is 1. The summed E-state index contributed by atoms with van der Waals surface area (Å²) in [6, 6.07) is 6.11. The molecule has 3 fully saturated rings. The zero-order chi connectivity index (χ0) is 13.7. The lowest BCUT2D eigenvalue weighted by atomic mass is 9.76. The largest absolute Gasteiger partial charge is 0.313 e. The molecule has 4 rings (SSSR count). The first-order valence-corrected chi connectivity index (χ1v) is 8.12. The van der Waals surface area contributed by atoms with Gasteiger partial charge < -0.3 is 5.32 Å². The van der Waals surface area contributed by atoms with E-state index < -0.39 is 0 Å². The van der Waals surface area contributed by atoms with Gasteiger partial charge in [-0.2, -0.15) is 0 Å². The number of halogens is 1. The molecule has 2 atom stereocenters. The number of benzene rings is 1. The van der Waals surface area contributed by atoms with Crippen LogP contribution in [0, 0.1) is 30.0 Å². The highest BCUT2D eigenvalue weighted by Crippen LogP contribution is 2.60. The Hall–Kier alpha value is -0.890. The van der Waals surface area contributed by atoms with E-state index in [2.05, 4.69) is 12.2 Å². The van der Waals surface area contributed by atoms with Gasteiger partial charge in [-0.25, -0.2) is 4.39 Å². The van der Waals surface area contributed by atoms with E-state index in [-0.39, 0.29) is 5.82 Å². The maximum Gasteiger partial charge on any atom is 0.123 e. The highest BCUT2D eigenvalue weighted by Gasteiger charge is 2.53. The number of fused-ring (bicyclic) bond motifs is 1. The average Bonchev–Trinajstić information content (AvgIpc) is 3.32. The van der Waals surface area contributed by atoms with E-state index in [1.807, 2.05) is 6.07 Å². The van der Waals surface area contributed by atoms with Crippen molar-refractivity contribution in [2.75, 3.05) is 6.54 Å². The molecule has 1 N–H and O–H groups in total. The van der Waals surface area contributed by atoms with Gasteiger partial charge in [0.05, 0.1) is 0 Å². The first-order valence-electron chi connectivity index (χ1n) is 8.12. The van der Waals surface area contributed by atoms with Gasteiger partial charge in [-0.05, 0) is 86.0 Å². The van der Waals surface area contributed by atoms with Crippen LogP contribution in [0.2, 0.25) is 0 Å². The van der Waals surface area contributed by atoms with Crippen molar-refractivity contribution in [2.24, 2.45) is 17.3 Å². The summed E-state index contributed by atoms with van der Waals surface area (Å²) in [5.74, 6) is 1.89. The molecular weight excluding hydrogens is 249 g/mol. The second kappa shape index (κ2) is 4.56. The van der Waals surface area contributed by atoms with E-state index >= 15 is 0 Å². The van der Waals surface area contributed by atoms with E-state index in [1.165, 1.54) is 44.2 Å². The van der Waals surface area contributed by atoms with Gasteiger partial charge >= 0.3 is 0 Å². The summed E-state index contributed by atoms with van der Waals surface area (Å²) in [5, 5.41) is 3.76. The maximum absolute atomic E-state index is 13.3. The summed E-state index contributed by atoms with van der Waals surface area (Å²) in [4.78, 5) is 0. The molecule has 108 valence electrons. The van der Waals surface area contributed by atoms with Crippen LogP contribution in [0.15, 0.2) is 18.2 Å². The summed E-state index contributed by atoms with van der Waals surface area (Å²) >= 11 is 0. The molecule has 3 aliphatic carbocycles. The molecule has 0 spiro atoms. The van der Waals surface area contributed by atoms with Gasteiger partial charge in [0.25, 0.3) is 0 Å². The Labute approximate surface area is 121 Å². The number of nitrogens with one attached hydrogen (secondary N) is 1. The molecule has 0 amide bonds. The molecule has 3 aliphatic rings. The molecule has 0 heterocycles. The highest BCUT2D eigenvalue weighted by atomic mass is 19.1. The normalized spacial score (nSPS) is 35.1. The van der Waals surface area contributed by atoms with Gasteiger partial charge in [-0.15, -0.1) is 0 Å². The Bertz CT molecular complexity index is 510. The molecule has 1 aromatic carbocycles. The van der Waals surface area contributed by atoms with E-state index in [1.54, 1.807) is 12.1 Å². The van der Waals surface area contributed by atoms with Crippen molar-refractivity contribution >= 4 is 0 Å². The lowest BCUT2D eigenvalue weighted by molar-refractivity contribution is 0.247. The van der Waals surface area contributed by atoms with E-state index in [9.17, 15) is 4.39 Å². The van der Waals surface area contributed by atoms with Crippen LogP contribution in [-0.2, 0) is 6.42 Å². The standard InChI is InChI=1S/C18H24FN/c1-12-6-16(19)3-2-13(12)8-18(11-20-17-4-5-17)9-14-7-15(14)10-18/h2-3,6,14-15,17,20H,4-5,7-11H2,1H3. The molecule has 0 aromatic heterocycles. The van der Waals surface area contributed by atoms with Gasteiger partial charge in [0.2, 0.25) is 0 Å². The van der Waals surface area contributed by atoms with Crippen molar-refractivity contribution in [1.82, 2.24) is 5.32 Å². The molecular formula is C18H24FN. The SMILES string of the molecule is Cc1cc(F)ccc1CC1(CNC2CC2)CC2CC2C1. The smallest absolute Gasteiger partial charge is 0.123 e. The zero-order valence-electron chi connectivity index (χ0n) is 12.3. The summed E-state index contributed by atoms with van der Waals surface area (Å²) in [7, 11) is 0. The highest BCUT2D eigenvalue weighted by molar-refractivity contribution is 5.28. The molecule has 0 radical (unpaired) electrons. The van der Waals surface area contributed by atoms with E-state index in [4.69, 9.17) is 0 Å². The van der Waals surface area contributed by atoms with E-state index in [0.29, 0.717) is 5.41 Å². The molecule has 1 aromatic rings. The number of hydrogen-bond donors (Lipinski definition) is 1. The lowest BCUT2D eigenvalue weighted by Crippen LogP contribution is -2.36. The van der Waals surface area contributed by atoms with Crippen molar-refractivity contribution in [2.45, 2.75) is 51.5 Å². The quantitative estimate of drug-likeness (QED) is 0.859. The Morgan fingerprint density at radius 3 is 2.65 bits per heavy atom. The molecule has 2 unspecified atom stereocenters. The predicted molar refractivity (Wildman–Crippen MR) is 79.1 cm³/mol.